The number of benzene rings is 13. The van der Waals surface area contributed by atoms with E-state index in [9.17, 15) is 10.5 Å². The van der Waals surface area contributed by atoms with Crippen LogP contribution in [-0.4, -0.2) is 32.4 Å². The summed E-state index contributed by atoms with van der Waals surface area (Å²) >= 11 is 0. The van der Waals surface area contributed by atoms with Gasteiger partial charge < -0.3 is 22.8 Å². The first-order valence-electron chi connectivity index (χ1n) is 31.6. The van der Waals surface area contributed by atoms with E-state index in [0.717, 1.165) is 127 Å². The molecule has 0 N–H and O–H groups in total. The summed E-state index contributed by atoms with van der Waals surface area (Å²) in [4.78, 5) is 5.62. The summed E-state index contributed by atoms with van der Waals surface area (Å²) in [5.74, 6) is 0.693. The Hall–Kier alpha value is -13.2. The largest absolute Gasteiger partial charge is 0.309 e. The van der Waals surface area contributed by atoms with Crippen LogP contribution in [0.2, 0.25) is 0 Å². The summed E-state index contributed by atoms with van der Waals surface area (Å²) in [5.41, 5.74) is 20.2. The molecule has 20 rings (SSSR count). The number of nitrogens with zero attached hydrogens (tertiary/aromatic N) is 9. The Morgan fingerprint density at radius 2 is 0.511 bits per heavy atom. The zero-order valence-corrected chi connectivity index (χ0v) is 50.3. The summed E-state index contributed by atoms with van der Waals surface area (Å²) in [6.07, 6.45) is 2.01. The third kappa shape index (κ3) is 7.23. The van der Waals surface area contributed by atoms with Crippen molar-refractivity contribution in [1.82, 2.24) is 32.4 Å². The molecule has 0 radical (unpaired) electrons. The molecule has 0 aliphatic heterocycles. The first kappa shape index (κ1) is 51.7. The average molecular weight is 1200 g/mol. The first-order valence-corrected chi connectivity index (χ1v) is 31.6. The quantitative estimate of drug-likeness (QED) is 0.159. The molecular weight excluding hydrogens is 1150 g/mol. The SMILES string of the molecule is N#Cc1ccc(-c2cc(-n3c4ccc(-n5c6ccccc6c6ccccc65)cc4c4cc(-n5c6ccccc6c6ccccc65)ccc43)ncc2-n2c3ccc(-n4c5ccccc5c5ccccc54)cc3c3cc(-n4c5ccccc5c5ccccc54)ccc32)cc1C#N. The number of para-hydroxylation sites is 8. The predicted octanol–water partition coefficient (Wildman–Crippen LogP) is 21.1. The first-order chi connectivity index (χ1) is 46.6. The van der Waals surface area contributed by atoms with E-state index in [1.54, 1.807) is 6.07 Å². The Kier molecular flexibility index (Phi) is 10.8. The maximum Gasteiger partial charge on any atom is 0.138 e. The molecule has 7 aromatic heterocycles. The molecule has 20 aromatic rings. The van der Waals surface area contributed by atoms with Gasteiger partial charge in [-0.2, -0.15) is 10.5 Å². The minimum absolute atomic E-state index is 0.296. The molecule has 0 fully saturated rings. The van der Waals surface area contributed by atoms with Gasteiger partial charge in [0, 0.05) is 92.9 Å². The van der Waals surface area contributed by atoms with E-state index >= 15 is 0 Å². The topological polar surface area (TPSA) is 90.0 Å². The Morgan fingerprint density at radius 1 is 0.234 bits per heavy atom. The Balaban J connectivity index is 0.862. The molecule has 0 atom stereocenters. The second kappa shape index (κ2) is 19.6. The van der Waals surface area contributed by atoms with Crippen molar-refractivity contribution in [2.75, 3.05) is 0 Å². The molecule has 0 saturated carbocycles. The molecule has 0 unspecified atom stereocenters. The van der Waals surface area contributed by atoms with Crippen LogP contribution in [0.3, 0.4) is 0 Å². The van der Waals surface area contributed by atoms with Crippen molar-refractivity contribution in [3.8, 4) is 57.5 Å². The van der Waals surface area contributed by atoms with Crippen molar-refractivity contribution < 1.29 is 0 Å². The fourth-order valence-electron chi connectivity index (χ4n) is 15.7. The summed E-state index contributed by atoms with van der Waals surface area (Å²) in [6, 6.07) is 109. The molecule has 434 valence electrons. The van der Waals surface area contributed by atoms with E-state index in [1.165, 1.54) is 43.1 Å². The van der Waals surface area contributed by atoms with Crippen molar-refractivity contribution in [1.29, 1.82) is 10.5 Å². The van der Waals surface area contributed by atoms with Gasteiger partial charge in [0.2, 0.25) is 0 Å². The zero-order chi connectivity index (χ0) is 61.9. The third-order valence-corrected chi connectivity index (χ3v) is 19.7. The standard InChI is InChI=1S/C85H49N9/c86-49-53-34-33-52(43-54(53)50-87)67-48-85(94-82-41-37-57(91-76-29-13-5-21-63(76)64-22-6-14-30-77(64)91)46-70(82)71-47-58(38-42-83(71)94)92-78-31-15-7-23-65(78)66-24-8-16-32-79(66)92)88-51-84(67)93-80-39-35-55(89-72-25-9-1-17-59(72)60-18-2-10-26-73(60)89)44-68(80)69-45-56(36-40-81(69)93)90-74-27-11-3-19-61(74)62-20-4-12-28-75(62)90/h1-48,51H. The maximum absolute atomic E-state index is 10.8. The molecular formula is C85H49N9. The molecule has 94 heavy (non-hydrogen) atoms. The van der Waals surface area contributed by atoms with E-state index in [2.05, 4.69) is 313 Å². The van der Waals surface area contributed by atoms with Crippen molar-refractivity contribution in [3.63, 3.8) is 0 Å². The summed E-state index contributed by atoms with van der Waals surface area (Å²) in [7, 11) is 0. The van der Waals surface area contributed by atoms with Crippen molar-refractivity contribution >= 4 is 131 Å². The van der Waals surface area contributed by atoms with E-state index in [1.807, 2.05) is 18.3 Å². The van der Waals surface area contributed by atoms with Gasteiger partial charge >= 0.3 is 0 Å². The molecule has 0 aliphatic carbocycles. The third-order valence-electron chi connectivity index (χ3n) is 19.7. The van der Waals surface area contributed by atoms with Crippen LogP contribution in [-0.2, 0) is 0 Å². The normalized spacial score (nSPS) is 12.0. The average Bonchev–Trinajstić information content (AvgIpc) is 1.56. The van der Waals surface area contributed by atoms with E-state index < -0.39 is 0 Å². The molecule has 9 heteroatoms. The number of pyridine rings is 1. The lowest BCUT2D eigenvalue weighted by atomic mass is 9.99. The van der Waals surface area contributed by atoms with Crippen molar-refractivity contribution in [2.24, 2.45) is 0 Å². The number of fused-ring (bicyclic) bond motifs is 18. The highest BCUT2D eigenvalue weighted by molar-refractivity contribution is 6.17. The van der Waals surface area contributed by atoms with Crippen LogP contribution in [0.1, 0.15) is 11.1 Å². The van der Waals surface area contributed by atoms with Crippen LogP contribution in [0.25, 0.3) is 176 Å². The summed E-state index contributed by atoms with van der Waals surface area (Å²) in [5, 5.41) is 35.0. The number of nitriles is 2. The highest BCUT2D eigenvalue weighted by atomic mass is 15.1. The highest BCUT2D eigenvalue weighted by Gasteiger charge is 2.25. The second-order valence-electron chi connectivity index (χ2n) is 24.5. The lowest BCUT2D eigenvalue weighted by Crippen LogP contribution is -2.04. The van der Waals surface area contributed by atoms with Crippen LogP contribution < -0.4 is 0 Å². The number of hydrogen-bond donors (Lipinski definition) is 0. The maximum atomic E-state index is 10.8. The van der Waals surface area contributed by atoms with Gasteiger partial charge in [0.1, 0.15) is 18.0 Å². The van der Waals surface area contributed by atoms with Crippen molar-refractivity contribution in [3.05, 3.63) is 309 Å². The molecule has 0 bridgehead atoms. The number of hydrogen-bond acceptors (Lipinski definition) is 3. The molecule has 0 spiro atoms. The lowest BCUT2D eigenvalue weighted by molar-refractivity contribution is 1.05. The van der Waals surface area contributed by atoms with Crippen LogP contribution in [0.15, 0.2) is 297 Å². The predicted molar refractivity (Wildman–Crippen MR) is 385 cm³/mol. The Bertz CT molecular complexity index is 6220. The molecule has 13 aromatic carbocycles. The van der Waals surface area contributed by atoms with Gasteiger partial charge in [0.05, 0.1) is 89.2 Å². The van der Waals surface area contributed by atoms with Gasteiger partial charge in [0.25, 0.3) is 0 Å². The molecule has 0 amide bonds. The number of aromatic nitrogens is 7. The molecule has 9 nitrogen and oxygen atoms in total. The van der Waals surface area contributed by atoms with Crippen molar-refractivity contribution in [2.45, 2.75) is 0 Å². The molecule has 7 heterocycles. The van der Waals surface area contributed by atoms with Crippen LogP contribution in [0, 0.1) is 22.7 Å². The van der Waals surface area contributed by atoms with Crippen LogP contribution in [0.5, 0.6) is 0 Å². The van der Waals surface area contributed by atoms with Gasteiger partial charge in [-0.3, -0.25) is 4.57 Å². The summed E-state index contributed by atoms with van der Waals surface area (Å²) in [6.45, 7) is 0. The molecule has 0 aliphatic rings. The zero-order valence-electron chi connectivity index (χ0n) is 50.3. The molecule has 0 saturated heterocycles. The van der Waals surface area contributed by atoms with Gasteiger partial charge in [-0.25, -0.2) is 4.98 Å². The van der Waals surface area contributed by atoms with E-state index in [-0.39, 0.29) is 0 Å². The monoisotopic (exact) mass is 1200 g/mol. The minimum atomic E-state index is 0.296. The summed E-state index contributed by atoms with van der Waals surface area (Å²) < 4.78 is 14.2. The lowest BCUT2D eigenvalue weighted by Gasteiger charge is -2.17. The highest BCUT2D eigenvalue weighted by Crippen LogP contribution is 2.45. The number of rotatable bonds is 7. The fraction of sp³-hybridized carbons (Fsp3) is 0. The Morgan fingerprint density at radius 3 is 0.809 bits per heavy atom. The van der Waals surface area contributed by atoms with E-state index in [4.69, 9.17) is 4.98 Å². The van der Waals surface area contributed by atoms with Crippen LogP contribution >= 0.6 is 0 Å². The minimum Gasteiger partial charge on any atom is -0.309 e. The van der Waals surface area contributed by atoms with Gasteiger partial charge in [-0.05, 0) is 145 Å². The van der Waals surface area contributed by atoms with Gasteiger partial charge in [-0.15, -0.1) is 0 Å². The Labute approximate surface area is 536 Å². The van der Waals surface area contributed by atoms with E-state index in [0.29, 0.717) is 16.9 Å². The smallest absolute Gasteiger partial charge is 0.138 e. The van der Waals surface area contributed by atoms with Crippen LogP contribution in [0.4, 0.5) is 0 Å². The fourth-order valence-corrected chi connectivity index (χ4v) is 15.7. The van der Waals surface area contributed by atoms with Gasteiger partial charge in [0.15, 0.2) is 0 Å². The van der Waals surface area contributed by atoms with Gasteiger partial charge in [-0.1, -0.05) is 152 Å². The second-order valence-corrected chi connectivity index (χ2v) is 24.5.